The standard InChI is InChI=1S/C20H30N2O3/c1-4-8-20(13-23)12-22(9-7-19(20)24)11-18-14(2)16-10-15(25-3)5-6-17(16)21-18/h5-6,10,19,21,23-24H,4,7-9,11-13H2,1-3H3/t19-,20-/m0/s1. The number of aliphatic hydroxyl groups is 2. The zero-order valence-corrected chi connectivity index (χ0v) is 15.5. The van der Waals surface area contributed by atoms with E-state index in [-0.39, 0.29) is 6.61 Å². The average Bonchev–Trinajstić information content (AvgIpc) is 2.93. The topological polar surface area (TPSA) is 68.7 Å². The van der Waals surface area contributed by atoms with Gasteiger partial charge in [-0.25, -0.2) is 0 Å². The lowest BCUT2D eigenvalue weighted by Gasteiger charge is -2.45. The highest BCUT2D eigenvalue weighted by Crippen LogP contribution is 2.36. The number of aryl methyl sites for hydroxylation is 1. The van der Waals surface area contributed by atoms with Gasteiger partial charge in [-0.15, -0.1) is 0 Å². The van der Waals surface area contributed by atoms with E-state index in [2.05, 4.69) is 35.9 Å². The van der Waals surface area contributed by atoms with Crippen molar-refractivity contribution in [2.45, 2.75) is 45.8 Å². The number of rotatable bonds is 6. The van der Waals surface area contributed by atoms with Gasteiger partial charge in [0.1, 0.15) is 5.75 Å². The molecule has 0 unspecified atom stereocenters. The number of aromatic nitrogens is 1. The first kappa shape index (κ1) is 18.2. The monoisotopic (exact) mass is 346 g/mol. The highest BCUT2D eigenvalue weighted by atomic mass is 16.5. The van der Waals surface area contributed by atoms with E-state index in [4.69, 9.17) is 4.74 Å². The van der Waals surface area contributed by atoms with Crippen molar-refractivity contribution in [1.29, 1.82) is 0 Å². The summed E-state index contributed by atoms with van der Waals surface area (Å²) in [5.41, 5.74) is 3.16. The van der Waals surface area contributed by atoms with Crippen LogP contribution in [-0.4, -0.2) is 53.0 Å². The molecule has 1 fully saturated rings. The first-order valence-electron chi connectivity index (χ1n) is 9.19. The number of fused-ring (bicyclic) bond motifs is 1. The molecule has 0 saturated carbocycles. The van der Waals surface area contributed by atoms with E-state index in [0.717, 1.165) is 43.7 Å². The summed E-state index contributed by atoms with van der Waals surface area (Å²) in [6, 6.07) is 6.09. The lowest BCUT2D eigenvalue weighted by Crippen LogP contribution is -2.53. The van der Waals surface area contributed by atoms with Crippen molar-refractivity contribution in [3.05, 3.63) is 29.5 Å². The van der Waals surface area contributed by atoms with E-state index in [1.54, 1.807) is 7.11 Å². The second kappa shape index (κ2) is 7.36. The van der Waals surface area contributed by atoms with Gasteiger partial charge in [0, 0.05) is 41.6 Å². The van der Waals surface area contributed by atoms with Gasteiger partial charge >= 0.3 is 0 Å². The van der Waals surface area contributed by atoms with Crippen molar-refractivity contribution in [2.75, 3.05) is 26.8 Å². The molecule has 0 spiro atoms. The maximum atomic E-state index is 10.5. The third kappa shape index (κ3) is 3.41. The number of aromatic amines is 1. The lowest BCUT2D eigenvalue weighted by atomic mass is 9.74. The molecular formula is C20H30N2O3. The van der Waals surface area contributed by atoms with Crippen LogP contribution in [0.2, 0.25) is 0 Å². The van der Waals surface area contributed by atoms with Crippen LogP contribution in [0.25, 0.3) is 10.9 Å². The summed E-state index contributed by atoms with van der Waals surface area (Å²) < 4.78 is 5.34. The Kier molecular flexibility index (Phi) is 5.37. The van der Waals surface area contributed by atoms with Crippen LogP contribution in [0.5, 0.6) is 5.75 Å². The lowest BCUT2D eigenvalue weighted by molar-refractivity contribution is -0.0821. The molecule has 3 rings (SSSR count). The summed E-state index contributed by atoms with van der Waals surface area (Å²) in [6.45, 7) is 6.68. The maximum absolute atomic E-state index is 10.5. The molecule has 0 radical (unpaired) electrons. The van der Waals surface area contributed by atoms with E-state index >= 15 is 0 Å². The van der Waals surface area contributed by atoms with Crippen LogP contribution in [-0.2, 0) is 6.54 Å². The average molecular weight is 346 g/mol. The van der Waals surface area contributed by atoms with Gasteiger partial charge < -0.3 is 19.9 Å². The Morgan fingerprint density at radius 3 is 2.88 bits per heavy atom. The third-order valence-electron chi connectivity index (χ3n) is 5.78. The molecule has 1 aliphatic rings. The molecule has 2 heterocycles. The molecule has 1 aliphatic heterocycles. The molecule has 1 aromatic heterocycles. The van der Waals surface area contributed by atoms with Gasteiger partial charge in [0.15, 0.2) is 0 Å². The summed E-state index contributed by atoms with van der Waals surface area (Å²) in [5, 5.41) is 21.6. The molecule has 2 aromatic rings. The molecule has 25 heavy (non-hydrogen) atoms. The van der Waals surface area contributed by atoms with Gasteiger partial charge in [0.2, 0.25) is 0 Å². The highest BCUT2D eigenvalue weighted by Gasteiger charge is 2.41. The van der Waals surface area contributed by atoms with Crippen molar-refractivity contribution in [3.63, 3.8) is 0 Å². The fraction of sp³-hybridized carbons (Fsp3) is 0.600. The Labute approximate surface area is 149 Å². The molecule has 3 N–H and O–H groups in total. The normalized spacial score (nSPS) is 24.8. The number of benzene rings is 1. The minimum Gasteiger partial charge on any atom is -0.497 e. The summed E-state index contributed by atoms with van der Waals surface area (Å²) >= 11 is 0. The third-order valence-corrected chi connectivity index (χ3v) is 5.78. The van der Waals surface area contributed by atoms with Crippen LogP contribution in [0.1, 0.15) is 37.4 Å². The Bertz CT molecular complexity index is 727. The summed E-state index contributed by atoms with van der Waals surface area (Å²) in [5.74, 6) is 0.865. The Hall–Kier alpha value is -1.56. The molecule has 0 aliphatic carbocycles. The number of nitrogens with one attached hydrogen (secondary N) is 1. The quantitative estimate of drug-likeness (QED) is 0.752. The second-order valence-corrected chi connectivity index (χ2v) is 7.43. The summed E-state index contributed by atoms with van der Waals surface area (Å²) in [7, 11) is 1.69. The number of nitrogens with zero attached hydrogens (tertiary/aromatic N) is 1. The number of ether oxygens (including phenoxy) is 1. The van der Waals surface area contributed by atoms with Crippen LogP contribution >= 0.6 is 0 Å². The maximum Gasteiger partial charge on any atom is 0.119 e. The number of piperidine rings is 1. The number of likely N-dealkylation sites (tertiary alicyclic amines) is 1. The van der Waals surface area contributed by atoms with Crippen molar-refractivity contribution < 1.29 is 14.9 Å². The Balaban J connectivity index is 1.82. The van der Waals surface area contributed by atoms with Crippen molar-refractivity contribution >= 4 is 10.9 Å². The van der Waals surface area contributed by atoms with E-state index in [9.17, 15) is 10.2 Å². The molecule has 5 heteroatoms. The molecule has 138 valence electrons. The van der Waals surface area contributed by atoms with Gasteiger partial charge in [-0.05, 0) is 43.5 Å². The van der Waals surface area contributed by atoms with E-state index in [0.29, 0.717) is 6.42 Å². The second-order valence-electron chi connectivity index (χ2n) is 7.43. The zero-order valence-electron chi connectivity index (χ0n) is 15.5. The molecule has 1 aromatic carbocycles. The van der Waals surface area contributed by atoms with Crippen LogP contribution in [0.15, 0.2) is 18.2 Å². The van der Waals surface area contributed by atoms with Crippen LogP contribution < -0.4 is 4.74 Å². The van der Waals surface area contributed by atoms with Crippen LogP contribution in [0.4, 0.5) is 0 Å². The van der Waals surface area contributed by atoms with Crippen LogP contribution in [0.3, 0.4) is 0 Å². The van der Waals surface area contributed by atoms with Crippen molar-refractivity contribution in [2.24, 2.45) is 5.41 Å². The highest BCUT2D eigenvalue weighted by molar-refractivity contribution is 5.85. The van der Waals surface area contributed by atoms with E-state index in [1.165, 1.54) is 16.6 Å². The predicted octanol–water partition coefficient (Wildman–Crippen LogP) is 2.83. The predicted molar refractivity (Wildman–Crippen MR) is 99.9 cm³/mol. The molecule has 0 amide bonds. The van der Waals surface area contributed by atoms with E-state index < -0.39 is 11.5 Å². The van der Waals surface area contributed by atoms with Crippen LogP contribution in [0, 0.1) is 12.3 Å². The molecular weight excluding hydrogens is 316 g/mol. The molecule has 2 atom stereocenters. The summed E-state index contributed by atoms with van der Waals surface area (Å²) in [6.07, 6.45) is 2.12. The SMILES string of the molecule is CCC[C@@]1(CO)CN(Cc2[nH]c3ccc(OC)cc3c2C)CC[C@@H]1O. The smallest absolute Gasteiger partial charge is 0.119 e. The van der Waals surface area contributed by atoms with Crippen molar-refractivity contribution in [3.8, 4) is 5.75 Å². The van der Waals surface area contributed by atoms with Crippen molar-refractivity contribution in [1.82, 2.24) is 9.88 Å². The van der Waals surface area contributed by atoms with Gasteiger partial charge in [-0.1, -0.05) is 13.3 Å². The first-order valence-corrected chi connectivity index (χ1v) is 9.19. The van der Waals surface area contributed by atoms with Gasteiger partial charge in [0.05, 0.1) is 19.8 Å². The van der Waals surface area contributed by atoms with E-state index in [1.807, 2.05) is 6.07 Å². The minimum absolute atomic E-state index is 0.0430. The number of hydrogen-bond acceptors (Lipinski definition) is 4. The number of aliphatic hydroxyl groups excluding tert-OH is 2. The minimum atomic E-state index is -0.415. The largest absolute Gasteiger partial charge is 0.497 e. The Morgan fingerprint density at radius 1 is 1.40 bits per heavy atom. The number of methoxy groups -OCH3 is 1. The zero-order chi connectivity index (χ0) is 18.0. The fourth-order valence-corrected chi connectivity index (χ4v) is 4.22. The first-order chi connectivity index (χ1) is 12.0. The molecule has 0 bridgehead atoms. The number of H-pyrrole nitrogens is 1. The summed E-state index contributed by atoms with van der Waals surface area (Å²) in [4.78, 5) is 5.88. The van der Waals surface area contributed by atoms with Gasteiger partial charge in [-0.2, -0.15) is 0 Å². The fourth-order valence-electron chi connectivity index (χ4n) is 4.22. The number of hydrogen-bond donors (Lipinski definition) is 3. The van der Waals surface area contributed by atoms with Gasteiger partial charge in [0.25, 0.3) is 0 Å². The van der Waals surface area contributed by atoms with Gasteiger partial charge in [-0.3, -0.25) is 4.90 Å². The molecule has 5 nitrogen and oxygen atoms in total. The molecule has 1 saturated heterocycles. The Morgan fingerprint density at radius 2 is 2.20 bits per heavy atom.